The van der Waals surface area contributed by atoms with E-state index in [4.69, 9.17) is 10.5 Å². The Morgan fingerprint density at radius 2 is 2.00 bits per heavy atom. The summed E-state index contributed by atoms with van der Waals surface area (Å²) in [6, 6.07) is 8.25. The first-order valence-electron chi connectivity index (χ1n) is 9.89. The zero-order valence-corrected chi connectivity index (χ0v) is 16.5. The number of nitrogens with zero attached hydrogens (tertiary/aromatic N) is 4. The van der Waals surface area contributed by atoms with Gasteiger partial charge in [-0.1, -0.05) is 6.07 Å². The predicted octanol–water partition coefficient (Wildman–Crippen LogP) is 2.77. The zero-order valence-electron chi connectivity index (χ0n) is 16.5. The minimum absolute atomic E-state index is 0.00820. The van der Waals surface area contributed by atoms with E-state index in [1.54, 1.807) is 0 Å². The van der Waals surface area contributed by atoms with Crippen molar-refractivity contribution in [3.63, 3.8) is 0 Å². The van der Waals surface area contributed by atoms with E-state index < -0.39 is 0 Å². The number of rotatable bonds is 3. The molecule has 1 atom stereocenters. The Morgan fingerprint density at radius 1 is 1.14 bits per heavy atom. The number of nitrogens with two attached hydrogens (primary N) is 1. The fraction of sp³-hybridized carbons (Fsp3) is 0.476. The molecule has 4 rings (SSSR count). The molecule has 2 fully saturated rings. The Hall–Kier alpha value is -2.67. The number of ether oxygens (including phenoxy) is 1. The topological polar surface area (TPSA) is 84.6 Å². The first kappa shape index (κ1) is 18.7. The minimum Gasteiger partial charge on any atom is -0.379 e. The molecule has 1 amide bonds. The first-order chi connectivity index (χ1) is 13.5. The van der Waals surface area contributed by atoms with E-state index in [0.29, 0.717) is 13.0 Å². The third-order valence-electron chi connectivity index (χ3n) is 5.50. The third-order valence-corrected chi connectivity index (χ3v) is 5.50. The molecule has 28 heavy (non-hydrogen) atoms. The second-order valence-electron chi connectivity index (χ2n) is 7.55. The van der Waals surface area contributed by atoms with Gasteiger partial charge < -0.3 is 20.3 Å². The highest BCUT2D eigenvalue weighted by atomic mass is 16.5. The molecule has 2 saturated heterocycles. The highest BCUT2D eigenvalue weighted by Crippen LogP contribution is 2.34. The quantitative estimate of drug-likeness (QED) is 0.880. The van der Waals surface area contributed by atoms with Crippen LogP contribution >= 0.6 is 0 Å². The Kier molecular flexibility index (Phi) is 5.17. The molecule has 0 saturated carbocycles. The number of aromatic nitrogens is 2. The van der Waals surface area contributed by atoms with E-state index in [9.17, 15) is 4.79 Å². The molecule has 1 aromatic carbocycles. The molecule has 7 heteroatoms. The normalized spacial score (nSPS) is 20.5. The summed E-state index contributed by atoms with van der Waals surface area (Å²) in [4.78, 5) is 25.1. The van der Waals surface area contributed by atoms with E-state index in [-0.39, 0.29) is 17.9 Å². The van der Waals surface area contributed by atoms with Crippen molar-refractivity contribution in [3.8, 4) is 0 Å². The van der Waals surface area contributed by atoms with Gasteiger partial charge in [0.05, 0.1) is 12.6 Å². The van der Waals surface area contributed by atoms with Crippen molar-refractivity contribution in [3.05, 3.63) is 41.1 Å². The van der Waals surface area contributed by atoms with Gasteiger partial charge in [-0.25, -0.2) is 4.98 Å². The molecule has 7 nitrogen and oxygen atoms in total. The monoisotopic (exact) mass is 381 g/mol. The standard InChI is InChI=1S/C21H27N5O2/c1-14-6-7-16(25-8-3-5-20(25)27)12-17(14)18-13-28-10-4-9-26(18)19-11-15(2)23-21(22)24-19/h6-7,11-12,18H,3-5,8-10,13H2,1-2H3,(H2,22,23,24). The van der Waals surface area contributed by atoms with Gasteiger partial charge in [0.1, 0.15) is 5.82 Å². The van der Waals surface area contributed by atoms with Crippen LogP contribution < -0.4 is 15.5 Å². The van der Waals surface area contributed by atoms with Crippen molar-refractivity contribution in [1.29, 1.82) is 0 Å². The molecule has 2 aliphatic rings. The summed E-state index contributed by atoms with van der Waals surface area (Å²) in [5.74, 6) is 1.30. The summed E-state index contributed by atoms with van der Waals surface area (Å²) < 4.78 is 5.92. The van der Waals surface area contributed by atoms with Crippen LogP contribution in [0, 0.1) is 13.8 Å². The smallest absolute Gasteiger partial charge is 0.227 e. The lowest BCUT2D eigenvalue weighted by atomic mass is 9.99. The molecule has 2 aromatic rings. The van der Waals surface area contributed by atoms with Crippen LogP contribution in [-0.4, -0.2) is 42.2 Å². The summed E-state index contributed by atoms with van der Waals surface area (Å²) in [6.45, 7) is 6.93. The van der Waals surface area contributed by atoms with Crippen molar-refractivity contribution in [2.24, 2.45) is 0 Å². The fourth-order valence-corrected chi connectivity index (χ4v) is 4.11. The van der Waals surface area contributed by atoms with Crippen molar-refractivity contribution < 1.29 is 9.53 Å². The summed E-state index contributed by atoms with van der Waals surface area (Å²) in [5, 5.41) is 0. The summed E-state index contributed by atoms with van der Waals surface area (Å²) in [6.07, 6.45) is 2.46. The number of carbonyl (C=O) groups excluding carboxylic acids is 1. The lowest BCUT2D eigenvalue weighted by molar-refractivity contribution is -0.117. The lowest BCUT2D eigenvalue weighted by Gasteiger charge is -2.32. The molecule has 2 aliphatic heterocycles. The van der Waals surface area contributed by atoms with Crippen LogP contribution in [0.2, 0.25) is 0 Å². The number of amides is 1. The van der Waals surface area contributed by atoms with Crippen molar-refractivity contribution in [1.82, 2.24) is 9.97 Å². The molecule has 1 aromatic heterocycles. The maximum Gasteiger partial charge on any atom is 0.227 e. The number of benzene rings is 1. The Bertz CT molecular complexity index is 865. The highest BCUT2D eigenvalue weighted by molar-refractivity contribution is 5.95. The predicted molar refractivity (Wildman–Crippen MR) is 109 cm³/mol. The average Bonchev–Trinajstić information content (AvgIpc) is 2.94. The SMILES string of the molecule is Cc1cc(N2CCCOCC2c2cc(N3CCCC3=O)ccc2C)nc(N)n1. The molecule has 0 aliphatic carbocycles. The van der Waals surface area contributed by atoms with Gasteiger partial charge in [0, 0.05) is 43.6 Å². The van der Waals surface area contributed by atoms with E-state index in [2.05, 4.69) is 33.9 Å². The largest absolute Gasteiger partial charge is 0.379 e. The van der Waals surface area contributed by atoms with Crippen LogP contribution in [0.1, 0.15) is 42.1 Å². The summed E-state index contributed by atoms with van der Waals surface area (Å²) in [7, 11) is 0. The van der Waals surface area contributed by atoms with Gasteiger partial charge in [0.25, 0.3) is 0 Å². The van der Waals surface area contributed by atoms with Gasteiger partial charge in [-0.15, -0.1) is 0 Å². The number of nitrogen functional groups attached to an aromatic ring is 1. The van der Waals surface area contributed by atoms with Gasteiger partial charge in [-0.2, -0.15) is 4.98 Å². The minimum atomic E-state index is 0.00820. The van der Waals surface area contributed by atoms with Crippen LogP contribution in [0.5, 0.6) is 0 Å². The van der Waals surface area contributed by atoms with Gasteiger partial charge >= 0.3 is 0 Å². The van der Waals surface area contributed by atoms with Crippen LogP contribution in [-0.2, 0) is 9.53 Å². The van der Waals surface area contributed by atoms with Gasteiger partial charge in [0.2, 0.25) is 11.9 Å². The van der Waals surface area contributed by atoms with Gasteiger partial charge in [0.15, 0.2) is 0 Å². The summed E-state index contributed by atoms with van der Waals surface area (Å²) in [5.41, 5.74) is 10.1. The summed E-state index contributed by atoms with van der Waals surface area (Å²) >= 11 is 0. The van der Waals surface area contributed by atoms with Crippen LogP contribution in [0.4, 0.5) is 17.5 Å². The Balaban J connectivity index is 1.74. The van der Waals surface area contributed by atoms with E-state index >= 15 is 0 Å². The second-order valence-corrected chi connectivity index (χ2v) is 7.55. The molecule has 148 valence electrons. The Labute approximate surface area is 165 Å². The number of hydrogen-bond donors (Lipinski definition) is 1. The average molecular weight is 381 g/mol. The van der Waals surface area contributed by atoms with Gasteiger partial charge in [-0.3, -0.25) is 4.79 Å². The number of aryl methyl sites for hydroxylation is 2. The number of hydrogen-bond acceptors (Lipinski definition) is 6. The van der Waals surface area contributed by atoms with Crippen LogP contribution in [0.15, 0.2) is 24.3 Å². The van der Waals surface area contributed by atoms with Crippen molar-refractivity contribution in [2.45, 2.75) is 39.2 Å². The molecule has 1 unspecified atom stereocenters. The molecular formula is C21H27N5O2. The third kappa shape index (κ3) is 3.67. The van der Waals surface area contributed by atoms with Crippen LogP contribution in [0.25, 0.3) is 0 Å². The maximum atomic E-state index is 12.2. The van der Waals surface area contributed by atoms with Crippen molar-refractivity contribution >= 4 is 23.4 Å². The highest BCUT2D eigenvalue weighted by Gasteiger charge is 2.28. The maximum absolute atomic E-state index is 12.2. The zero-order chi connectivity index (χ0) is 19.7. The molecule has 0 radical (unpaired) electrons. The molecular weight excluding hydrogens is 354 g/mol. The fourth-order valence-electron chi connectivity index (χ4n) is 4.11. The first-order valence-corrected chi connectivity index (χ1v) is 9.89. The van der Waals surface area contributed by atoms with Crippen LogP contribution in [0.3, 0.4) is 0 Å². The molecule has 2 N–H and O–H groups in total. The van der Waals surface area contributed by atoms with E-state index in [0.717, 1.165) is 55.3 Å². The second kappa shape index (κ2) is 7.75. The van der Waals surface area contributed by atoms with Gasteiger partial charge in [-0.05, 0) is 49.9 Å². The van der Waals surface area contributed by atoms with E-state index in [1.165, 1.54) is 5.56 Å². The van der Waals surface area contributed by atoms with Crippen molar-refractivity contribution in [2.75, 3.05) is 41.8 Å². The lowest BCUT2D eigenvalue weighted by Crippen LogP contribution is -2.32. The van der Waals surface area contributed by atoms with E-state index in [1.807, 2.05) is 24.0 Å². The Morgan fingerprint density at radius 3 is 2.75 bits per heavy atom. The molecule has 0 spiro atoms. The molecule has 3 heterocycles. The number of anilines is 3. The number of carbonyl (C=O) groups is 1. The molecule has 0 bridgehead atoms.